The highest BCUT2D eigenvalue weighted by atomic mass is 35.5. The fourth-order valence-electron chi connectivity index (χ4n) is 4.47. The third-order valence-corrected chi connectivity index (χ3v) is 7.00. The molecule has 200 valence electrons. The molecule has 0 fully saturated rings. The number of allylic oxidation sites excluding steroid dienone is 1. The standard InChI is InChI=1S/C29H27Cl2N5O3/c1-4-38-25-13-19(10-12-24(25)39-15-20-9-11-21(30)14-22(20)31)27-26(18(3)34-29-32-16-33-36(27)29)28(37)35-23-8-6-5-7-17(23)2/h5-14,16,27H,4,15H2,1-3H3,(H,35,37)(H,32,33,34)/t27-/m1/s1. The van der Waals surface area contributed by atoms with Crippen molar-refractivity contribution in [1.82, 2.24) is 14.8 Å². The number of aryl methyl sites for hydroxylation is 1. The summed E-state index contributed by atoms with van der Waals surface area (Å²) in [6, 6.07) is 18.0. The molecule has 0 spiro atoms. The van der Waals surface area contributed by atoms with Crippen LogP contribution in [0.25, 0.3) is 0 Å². The van der Waals surface area contributed by atoms with E-state index in [9.17, 15) is 4.79 Å². The average Bonchev–Trinajstić information content (AvgIpc) is 3.37. The van der Waals surface area contributed by atoms with Crippen LogP contribution in [0.3, 0.4) is 0 Å². The van der Waals surface area contributed by atoms with Crippen molar-refractivity contribution < 1.29 is 14.3 Å². The van der Waals surface area contributed by atoms with Crippen molar-refractivity contribution in [2.45, 2.75) is 33.4 Å². The highest BCUT2D eigenvalue weighted by Gasteiger charge is 2.34. The van der Waals surface area contributed by atoms with E-state index in [0.717, 1.165) is 22.4 Å². The number of ether oxygens (including phenoxy) is 2. The average molecular weight is 564 g/mol. The van der Waals surface area contributed by atoms with Crippen LogP contribution in [0.1, 0.15) is 36.6 Å². The summed E-state index contributed by atoms with van der Waals surface area (Å²) >= 11 is 12.4. The molecule has 0 aliphatic carbocycles. The largest absolute Gasteiger partial charge is 0.490 e. The number of fused-ring (bicyclic) bond motifs is 1. The molecule has 1 aliphatic heterocycles. The number of nitrogens with zero attached hydrogens (tertiary/aromatic N) is 3. The molecule has 10 heteroatoms. The van der Waals surface area contributed by atoms with Crippen molar-refractivity contribution in [2.75, 3.05) is 17.2 Å². The zero-order valence-electron chi connectivity index (χ0n) is 21.7. The SMILES string of the molecule is CCOc1cc([C@@H]2C(C(=O)Nc3ccccc3C)=C(C)Nc3ncnn32)ccc1OCc1ccc(Cl)cc1Cl. The lowest BCUT2D eigenvalue weighted by Gasteiger charge is -2.29. The monoisotopic (exact) mass is 563 g/mol. The summed E-state index contributed by atoms with van der Waals surface area (Å²) in [7, 11) is 0. The summed E-state index contributed by atoms with van der Waals surface area (Å²) in [5.41, 5.74) is 4.49. The number of anilines is 2. The number of hydrogen-bond acceptors (Lipinski definition) is 6. The second kappa shape index (κ2) is 11.4. The van der Waals surface area contributed by atoms with E-state index in [1.54, 1.807) is 16.8 Å². The van der Waals surface area contributed by atoms with Crippen molar-refractivity contribution in [1.29, 1.82) is 0 Å². The molecule has 1 aromatic heterocycles. The van der Waals surface area contributed by atoms with Gasteiger partial charge < -0.3 is 20.1 Å². The van der Waals surface area contributed by atoms with E-state index in [4.69, 9.17) is 32.7 Å². The summed E-state index contributed by atoms with van der Waals surface area (Å²) in [5.74, 6) is 1.39. The highest BCUT2D eigenvalue weighted by molar-refractivity contribution is 6.35. The van der Waals surface area contributed by atoms with Gasteiger partial charge in [0.2, 0.25) is 5.95 Å². The molecule has 8 nitrogen and oxygen atoms in total. The van der Waals surface area contributed by atoms with Gasteiger partial charge >= 0.3 is 0 Å². The summed E-state index contributed by atoms with van der Waals surface area (Å²) in [6.07, 6.45) is 1.46. The van der Waals surface area contributed by atoms with Crippen LogP contribution in [-0.2, 0) is 11.4 Å². The zero-order valence-corrected chi connectivity index (χ0v) is 23.2. The zero-order chi connectivity index (χ0) is 27.5. The van der Waals surface area contributed by atoms with Gasteiger partial charge in [-0.2, -0.15) is 10.1 Å². The number of para-hydroxylation sites is 1. The molecular formula is C29H27Cl2N5O3. The second-order valence-corrected chi connectivity index (χ2v) is 9.87. The van der Waals surface area contributed by atoms with Gasteiger partial charge in [0.05, 0.1) is 12.2 Å². The second-order valence-electron chi connectivity index (χ2n) is 9.03. The molecule has 1 atom stereocenters. The molecule has 2 N–H and O–H groups in total. The van der Waals surface area contributed by atoms with Gasteiger partial charge in [-0.05, 0) is 62.2 Å². The molecule has 4 aromatic rings. The molecule has 0 unspecified atom stereocenters. The van der Waals surface area contributed by atoms with Crippen LogP contribution in [0, 0.1) is 6.92 Å². The normalized spacial score (nSPS) is 14.4. The number of carbonyl (C=O) groups excluding carboxylic acids is 1. The summed E-state index contributed by atoms with van der Waals surface area (Å²) in [5, 5.41) is 11.8. The van der Waals surface area contributed by atoms with Gasteiger partial charge in [0, 0.05) is 27.0 Å². The third-order valence-electron chi connectivity index (χ3n) is 6.41. The van der Waals surface area contributed by atoms with Crippen molar-refractivity contribution in [2.24, 2.45) is 0 Å². The lowest BCUT2D eigenvalue weighted by molar-refractivity contribution is -0.113. The minimum Gasteiger partial charge on any atom is -0.490 e. The van der Waals surface area contributed by atoms with Gasteiger partial charge in [-0.3, -0.25) is 4.79 Å². The minimum absolute atomic E-state index is 0.235. The Hall–Kier alpha value is -4.01. The van der Waals surface area contributed by atoms with Crippen LogP contribution in [0.2, 0.25) is 10.0 Å². The Bertz CT molecular complexity index is 1570. The lowest BCUT2D eigenvalue weighted by Crippen LogP contribution is -2.31. The van der Waals surface area contributed by atoms with E-state index in [-0.39, 0.29) is 12.5 Å². The summed E-state index contributed by atoms with van der Waals surface area (Å²) in [6.45, 7) is 6.37. The maximum atomic E-state index is 13.7. The number of carbonyl (C=O) groups is 1. The van der Waals surface area contributed by atoms with Crippen molar-refractivity contribution in [3.63, 3.8) is 0 Å². The smallest absolute Gasteiger partial charge is 0.255 e. The summed E-state index contributed by atoms with van der Waals surface area (Å²) < 4.78 is 13.7. The maximum Gasteiger partial charge on any atom is 0.255 e. The topological polar surface area (TPSA) is 90.3 Å². The van der Waals surface area contributed by atoms with Crippen molar-refractivity contribution in [3.8, 4) is 11.5 Å². The van der Waals surface area contributed by atoms with Crippen LogP contribution >= 0.6 is 23.2 Å². The number of benzene rings is 3. The molecule has 0 bridgehead atoms. The van der Waals surface area contributed by atoms with E-state index in [1.807, 2.05) is 69.3 Å². The van der Waals surface area contributed by atoms with E-state index in [2.05, 4.69) is 20.7 Å². The fourth-order valence-corrected chi connectivity index (χ4v) is 4.94. The Morgan fingerprint density at radius 2 is 1.87 bits per heavy atom. The predicted octanol–water partition coefficient (Wildman–Crippen LogP) is 6.80. The number of amides is 1. The molecule has 2 heterocycles. The van der Waals surface area contributed by atoms with Gasteiger partial charge in [0.1, 0.15) is 19.0 Å². The Kier molecular flexibility index (Phi) is 7.77. The molecule has 3 aromatic carbocycles. The maximum absolute atomic E-state index is 13.7. The molecule has 39 heavy (non-hydrogen) atoms. The first-order valence-corrected chi connectivity index (χ1v) is 13.2. The first kappa shape index (κ1) is 26.6. The number of aromatic nitrogens is 3. The molecule has 1 aliphatic rings. The molecule has 0 saturated heterocycles. The molecular weight excluding hydrogens is 537 g/mol. The Morgan fingerprint density at radius 1 is 1.05 bits per heavy atom. The summed E-state index contributed by atoms with van der Waals surface area (Å²) in [4.78, 5) is 18.0. The highest BCUT2D eigenvalue weighted by Crippen LogP contribution is 2.39. The number of nitrogens with one attached hydrogen (secondary N) is 2. The van der Waals surface area contributed by atoms with Gasteiger partial charge in [0.25, 0.3) is 5.91 Å². The first-order valence-electron chi connectivity index (χ1n) is 12.4. The number of rotatable bonds is 8. The predicted molar refractivity (Wildman–Crippen MR) is 153 cm³/mol. The van der Waals surface area contributed by atoms with Crippen molar-refractivity contribution >= 4 is 40.7 Å². The van der Waals surface area contributed by atoms with Crippen LogP contribution in [0.4, 0.5) is 11.6 Å². The Balaban J connectivity index is 1.49. The fraction of sp³-hybridized carbons (Fsp3) is 0.207. The molecule has 1 amide bonds. The van der Waals surface area contributed by atoms with Crippen LogP contribution in [-0.4, -0.2) is 27.3 Å². The first-order chi connectivity index (χ1) is 18.9. The Morgan fingerprint density at radius 3 is 2.64 bits per heavy atom. The van der Waals surface area contributed by atoms with Crippen LogP contribution in [0.5, 0.6) is 11.5 Å². The quantitative estimate of drug-likeness (QED) is 0.245. The van der Waals surface area contributed by atoms with Crippen LogP contribution < -0.4 is 20.1 Å². The van der Waals surface area contributed by atoms with Gasteiger partial charge in [0.15, 0.2) is 11.5 Å². The van der Waals surface area contributed by atoms with E-state index in [1.165, 1.54) is 6.33 Å². The van der Waals surface area contributed by atoms with Gasteiger partial charge in [-0.15, -0.1) is 0 Å². The van der Waals surface area contributed by atoms with Gasteiger partial charge in [-0.1, -0.05) is 53.5 Å². The molecule has 0 saturated carbocycles. The van der Waals surface area contributed by atoms with E-state index in [0.29, 0.717) is 45.4 Å². The van der Waals surface area contributed by atoms with Crippen LogP contribution in [0.15, 0.2) is 78.3 Å². The third kappa shape index (κ3) is 5.57. The molecule has 5 rings (SSSR count). The van der Waals surface area contributed by atoms with Gasteiger partial charge in [-0.25, -0.2) is 4.68 Å². The number of hydrogen-bond donors (Lipinski definition) is 2. The Labute approximate surface area is 236 Å². The minimum atomic E-state index is -0.549. The van der Waals surface area contributed by atoms with E-state index >= 15 is 0 Å². The lowest BCUT2D eigenvalue weighted by atomic mass is 9.94. The van der Waals surface area contributed by atoms with E-state index < -0.39 is 6.04 Å². The number of halogens is 2. The molecule has 0 radical (unpaired) electrons. The van der Waals surface area contributed by atoms with Crippen molar-refractivity contribution in [3.05, 3.63) is 105 Å².